The molecule has 136 valence electrons. The average molecular weight is 365 g/mol. The van der Waals surface area contributed by atoms with Crippen LogP contribution >= 0.6 is 12.4 Å². The summed E-state index contributed by atoms with van der Waals surface area (Å²) < 4.78 is 6.84. The minimum absolute atomic E-state index is 0. The van der Waals surface area contributed by atoms with E-state index in [1.54, 1.807) is 24.1 Å². The topological polar surface area (TPSA) is 82.2 Å². The van der Waals surface area contributed by atoms with Gasteiger partial charge in [0, 0.05) is 12.2 Å². The lowest BCUT2D eigenvalue weighted by Crippen LogP contribution is -2.44. The molecule has 1 aromatic carbocycles. The summed E-state index contributed by atoms with van der Waals surface area (Å²) in [5.74, 6) is 1.02. The molecule has 0 spiro atoms. The Hall–Kier alpha value is -2.05. The summed E-state index contributed by atoms with van der Waals surface area (Å²) in [7, 11) is 1.63. The Bertz CT molecular complexity index is 687. The van der Waals surface area contributed by atoms with Gasteiger partial charge in [-0.05, 0) is 55.6 Å². The monoisotopic (exact) mass is 364 g/mol. The first-order chi connectivity index (χ1) is 11.7. The summed E-state index contributed by atoms with van der Waals surface area (Å²) in [6.45, 7) is 0.616. The minimum Gasteiger partial charge on any atom is -0.497 e. The van der Waals surface area contributed by atoms with Gasteiger partial charge in [0.15, 0.2) is 5.69 Å². The van der Waals surface area contributed by atoms with Crippen molar-refractivity contribution in [1.29, 1.82) is 0 Å². The molecule has 1 aromatic heterocycles. The third-order valence-electron chi connectivity index (χ3n) is 4.69. The number of hydrogen-bond donors (Lipinski definition) is 2. The summed E-state index contributed by atoms with van der Waals surface area (Å²) in [6, 6.07) is 9.43. The molecule has 6 nitrogen and oxygen atoms in total. The lowest BCUT2D eigenvalue weighted by molar-refractivity contribution is 0.0902. The number of hydrogen-bond acceptors (Lipinski definition) is 4. The van der Waals surface area contributed by atoms with Crippen molar-refractivity contribution in [2.45, 2.75) is 31.7 Å². The molecule has 0 radical (unpaired) electrons. The molecular formula is C18H25ClN4O2. The van der Waals surface area contributed by atoms with Crippen molar-refractivity contribution in [2.75, 3.05) is 13.7 Å². The van der Waals surface area contributed by atoms with Crippen LogP contribution < -0.4 is 15.8 Å². The van der Waals surface area contributed by atoms with Crippen molar-refractivity contribution in [3.63, 3.8) is 0 Å². The molecule has 25 heavy (non-hydrogen) atoms. The van der Waals surface area contributed by atoms with Crippen LogP contribution in [0.2, 0.25) is 0 Å². The zero-order chi connectivity index (χ0) is 16.9. The normalized spacial score (nSPS) is 19.8. The Morgan fingerprint density at radius 3 is 2.68 bits per heavy atom. The Balaban J connectivity index is 0.00000225. The largest absolute Gasteiger partial charge is 0.497 e. The van der Waals surface area contributed by atoms with Crippen LogP contribution in [-0.4, -0.2) is 35.4 Å². The first kappa shape index (κ1) is 19.3. The number of amides is 1. The number of ether oxygens (including phenoxy) is 1. The highest BCUT2D eigenvalue weighted by atomic mass is 35.5. The Kier molecular flexibility index (Phi) is 6.84. The summed E-state index contributed by atoms with van der Waals surface area (Å²) in [6.07, 6.45) is 6.20. The fraction of sp³-hybridized carbons (Fsp3) is 0.444. The van der Waals surface area contributed by atoms with Gasteiger partial charge in [0.25, 0.3) is 5.91 Å². The summed E-state index contributed by atoms with van der Waals surface area (Å²) in [4.78, 5) is 12.5. The summed E-state index contributed by atoms with van der Waals surface area (Å²) in [5, 5.41) is 7.49. The highest BCUT2D eigenvalue weighted by Crippen LogP contribution is 2.23. The molecule has 0 saturated heterocycles. The van der Waals surface area contributed by atoms with E-state index in [1.807, 2.05) is 24.3 Å². The van der Waals surface area contributed by atoms with Crippen LogP contribution in [0.15, 0.2) is 36.5 Å². The predicted molar refractivity (Wildman–Crippen MR) is 99.6 cm³/mol. The van der Waals surface area contributed by atoms with E-state index in [2.05, 4.69) is 10.4 Å². The average Bonchev–Trinajstić information content (AvgIpc) is 3.12. The van der Waals surface area contributed by atoms with Crippen LogP contribution in [0.25, 0.3) is 5.69 Å². The van der Waals surface area contributed by atoms with Gasteiger partial charge in [0.2, 0.25) is 0 Å². The van der Waals surface area contributed by atoms with E-state index in [4.69, 9.17) is 10.5 Å². The van der Waals surface area contributed by atoms with Crippen molar-refractivity contribution >= 4 is 18.3 Å². The number of aromatic nitrogens is 2. The van der Waals surface area contributed by atoms with Crippen LogP contribution in [0, 0.1) is 5.92 Å². The second kappa shape index (κ2) is 8.87. The molecule has 2 unspecified atom stereocenters. The number of methoxy groups -OCH3 is 1. The van der Waals surface area contributed by atoms with Gasteiger partial charge in [0.05, 0.1) is 12.8 Å². The highest BCUT2D eigenvalue weighted by Gasteiger charge is 2.26. The number of carbonyl (C=O) groups is 1. The first-order valence-electron chi connectivity index (χ1n) is 8.42. The second-order valence-electron chi connectivity index (χ2n) is 6.20. The molecule has 0 bridgehead atoms. The lowest BCUT2D eigenvalue weighted by atomic mass is 9.84. The molecule has 3 rings (SSSR count). The predicted octanol–water partition coefficient (Wildman–Crippen LogP) is 2.55. The highest BCUT2D eigenvalue weighted by molar-refractivity contribution is 5.92. The summed E-state index contributed by atoms with van der Waals surface area (Å²) in [5.41, 5.74) is 7.14. The number of benzene rings is 1. The van der Waals surface area contributed by atoms with Gasteiger partial charge >= 0.3 is 0 Å². The van der Waals surface area contributed by atoms with Crippen molar-refractivity contribution in [1.82, 2.24) is 15.1 Å². The molecule has 1 aliphatic rings. The number of nitrogens with one attached hydrogen (secondary N) is 1. The summed E-state index contributed by atoms with van der Waals surface area (Å²) >= 11 is 0. The third-order valence-corrected chi connectivity index (χ3v) is 4.69. The standard InChI is InChI=1S/C18H24N4O2.ClH/c1-24-15-8-6-14(7-9-15)22-11-10-17(21-22)18(23)20-16-5-3-2-4-13(16)12-19;/h6-11,13,16H,2-5,12,19H2,1H3,(H,20,23);1H. The van der Waals surface area contributed by atoms with Gasteiger partial charge in [-0.2, -0.15) is 5.10 Å². The number of nitrogens with two attached hydrogens (primary N) is 1. The zero-order valence-electron chi connectivity index (χ0n) is 14.4. The van der Waals surface area contributed by atoms with Crippen molar-refractivity contribution in [2.24, 2.45) is 11.7 Å². The van der Waals surface area contributed by atoms with Gasteiger partial charge in [-0.15, -0.1) is 12.4 Å². The van der Waals surface area contributed by atoms with E-state index in [0.717, 1.165) is 30.7 Å². The smallest absolute Gasteiger partial charge is 0.272 e. The molecule has 1 heterocycles. The molecule has 3 N–H and O–H groups in total. The van der Waals surface area contributed by atoms with E-state index in [0.29, 0.717) is 18.2 Å². The molecule has 1 amide bonds. The Morgan fingerprint density at radius 1 is 1.28 bits per heavy atom. The zero-order valence-corrected chi connectivity index (χ0v) is 15.2. The van der Waals surface area contributed by atoms with Gasteiger partial charge in [-0.1, -0.05) is 12.8 Å². The quantitative estimate of drug-likeness (QED) is 0.854. The maximum atomic E-state index is 12.5. The number of carbonyl (C=O) groups excluding carboxylic acids is 1. The Labute approximate surface area is 154 Å². The fourth-order valence-electron chi connectivity index (χ4n) is 3.25. The molecule has 2 aromatic rings. The van der Waals surface area contributed by atoms with Crippen LogP contribution in [0.1, 0.15) is 36.2 Å². The molecule has 1 saturated carbocycles. The second-order valence-corrected chi connectivity index (χ2v) is 6.20. The van der Waals surface area contributed by atoms with Gasteiger partial charge in [-0.25, -0.2) is 4.68 Å². The van der Waals surface area contributed by atoms with Gasteiger partial charge in [0.1, 0.15) is 5.75 Å². The fourth-order valence-corrected chi connectivity index (χ4v) is 3.25. The van der Waals surface area contributed by atoms with Crippen molar-refractivity contribution in [3.8, 4) is 11.4 Å². The number of halogens is 1. The van der Waals surface area contributed by atoms with E-state index in [-0.39, 0.29) is 24.4 Å². The molecular weight excluding hydrogens is 340 g/mol. The SMILES string of the molecule is COc1ccc(-n2ccc(C(=O)NC3CCCCC3CN)n2)cc1.Cl. The molecule has 0 aliphatic heterocycles. The van der Waals surface area contributed by atoms with Crippen LogP contribution in [0.3, 0.4) is 0 Å². The van der Waals surface area contributed by atoms with Crippen LogP contribution in [0.4, 0.5) is 0 Å². The molecule has 1 aliphatic carbocycles. The maximum Gasteiger partial charge on any atom is 0.272 e. The van der Waals surface area contributed by atoms with Crippen LogP contribution in [-0.2, 0) is 0 Å². The molecule has 1 fully saturated rings. The van der Waals surface area contributed by atoms with E-state index < -0.39 is 0 Å². The van der Waals surface area contributed by atoms with Crippen molar-refractivity contribution < 1.29 is 9.53 Å². The first-order valence-corrected chi connectivity index (χ1v) is 8.42. The number of rotatable bonds is 5. The van der Waals surface area contributed by atoms with Crippen LogP contribution in [0.5, 0.6) is 5.75 Å². The van der Waals surface area contributed by atoms with E-state index >= 15 is 0 Å². The van der Waals surface area contributed by atoms with Gasteiger partial charge < -0.3 is 15.8 Å². The molecule has 2 atom stereocenters. The Morgan fingerprint density at radius 2 is 2.00 bits per heavy atom. The maximum absolute atomic E-state index is 12.5. The lowest BCUT2D eigenvalue weighted by Gasteiger charge is -2.31. The van der Waals surface area contributed by atoms with Crippen molar-refractivity contribution in [3.05, 3.63) is 42.2 Å². The van der Waals surface area contributed by atoms with E-state index in [1.165, 1.54) is 6.42 Å². The van der Waals surface area contributed by atoms with E-state index in [9.17, 15) is 4.79 Å². The third kappa shape index (κ3) is 4.52. The minimum atomic E-state index is -0.132. The van der Waals surface area contributed by atoms with Gasteiger partial charge in [-0.3, -0.25) is 4.79 Å². The molecule has 7 heteroatoms. The number of nitrogens with zero attached hydrogens (tertiary/aromatic N) is 2.